The van der Waals surface area contributed by atoms with Crippen LogP contribution in [0.25, 0.3) is 0 Å². The fourth-order valence-electron chi connectivity index (χ4n) is 4.18. The van der Waals surface area contributed by atoms with Gasteiger partial charge in [0.05, 0.1) is 12.8 Å². The summed E-state index contributed by atoms with van der Waals surface area (Å²) in [6.45, 7) is 1.64. The third kappa shape index (κ3) is 5.51. The van der Waals surface area contributed by atoms with E-state index in [0.717, 1.165) is 31.2 Å². The number of benzene rings is 1. The molecule has 176 valence electrons. The Bertz CT molecular complexity index is 1110. The van der Waals surface area contributed by atoms with Gasteiger partial charge in [-0.15, -0.1) is 0 Å². The van der Waals surface area contributed by atoms with Crippen LogP contribution in [0.1, 0.15) is 53.4 Å². The molecular weight excluding hydrogens is 432 g/mol. The van der Waals surface area contributed by atoms with Crippen LogP contribution in [0.15, 0.2) is 71.6 Å². The van der Waals surface area contributed by atoms with Crippen LogP contribution in [-0.2, 0) is 9.59 Å². The Labute approximate surface area is 198 Å². The molecule has 8 nitrogen and oxygen atoms in total. The minimum Gasteiger partial charge on any atom is -0.459 e. The summed E-state index contributed by atoms with van der Waals surface area (Å²) in [5.74, 6) is -1.10. The number of carbonyl (C=O) groups is 3. The van der Waals surface area contributed by atoms with Crippen LogP contribution in [0.5, 0.6) is 0 Å². The van der Waals surface area contributed by atoms with E-state index in [0.29, 0.717) is 11.3 Å². The second-order valence-corrected chi connectivity index (χ2v) is 8.44. The van der Waals surface area contributed by atoms with Gasteiger partial charge in [-0.2, -0.15) is 0 Å². The summed E-state index contributed by atoms with van der Waals surface area (Å²) >= 11 is 0. The fourth-order valence-corrected chi connectivity index (χ4v) is 4.18. The third-order valence-electron chi connectivity index (χ3n) is 5.93. The summed E-state index contributed by atoms with van der Waals surface area (Å²) < 4.78 is 5.11. The molecule has 1 fully saturated rings. The van der Waals surface area contributed by atoms with Crippen LogP contribution >= 0.6 is 0 Å². The Morgan fingerprint density at radius 1 is 1.09 bits per heavy atom. The van der Waals surface area contributed by atoms with Crippen molar-refractivity contribution in [2.45, 2.75) is 44.7 Å². The van der Waals surface area contributed by atoms with Crippen LogP contribution in [0.4, 0.5) is 5.69 Å². The minimum atomic E-state index is -0.940. The van der Waals surface area contributed by atoms with Gasteiger partial charge in [0.2, 0.25) is 11.8 Å². The number of aromatic nitrogens is 1. The van der Waals surface area contributed by atoms with E-state index < -0.39 is 17.9 Å². The minimum absolute atomic E-state index is 0.0836. The molecule has 4 rings (SSSR count). The number of anilines is 1. The summed E-state index contributed by atoms with van der Waals surface area (Å²) in [5, 5.41) is 5.71. The average molecular weight is 461 g/mol. The van der Waals surface area contributed by atoms with Crippen molar-refractivity contribution in [2.24, 2.45) is 0 Å². The topological polar surface area (TPSA) is 105 Å². The number of amides is 3. The van der Waals surface area contributed by atoms with Crippen molar-refractivity contribution in [1.29, 1.82) is 0 Å². The lowest BCUT2D eigenvalue weighted by atomic mass is 10.0. The van der Waals surface area contributed by atoms with Gasteiger partial charge in [0.15, 0.2) is 5.76 Å². The first-order chi connectivity index (χ1) is 16.5. The molecule has 1 aliphatic carbocycles. The van der Waals surface area contributed by atoms with Crippen LogP contribution < -0.4 is 15.5 Å². The van der Waals surface area contributed by atoms with Crippen LogP contribution in [-0.4, -0.2) is 35.3 Å². The number of carbonyl (C=O) groups excluding carboxylic acids is 3. The van der Waals surface area contributed by atoms with Gasteiger partial charge >= 0.3 is 0 Å². The molecule has 0 spiro atoms. The number of hydrogen-bond acceptors (Lipinski definition) is 5. The largest absolute Gasteiger partial charge is 0.459 e. The van der Waals surface area contributed by atoms with E-state index in [9.17, 15) is 14.4 Å². The van der Waals surface area contributed by atoms with Gasteiger partial charge in [0.25, 0.3) is 5.91 Å². The molecule has 0 bridgehead atoms. The lowest BCUT2D eigenvalue weighted by Crippen LogP contribution is -2.49. The molecular formula is C26H28N4O4. The molecule has 0 aliphatic heterocycles. The maximum atomic E-state index is 13.6. The zero-order chi connectivity index (χ0) is 23.9. The summed E-state index contributed by atoms with van der Waals surface area (Å²) in [4.78, 5) is 45.1. The zero-order valence-electron chi connectivity index (χ0n) is 19.1. The SMILES string of the molecule is Cc1ccc(N(C(=O)CNC(=O)c2ccco2)[C@@H](C(=O)NC2CCCC2)c2cccnc2)cc1. The number of hydrogen-bond donors (Lipinski definition) is 2. The second-order valence-electron chi connectivity index (χ2n) is 8.44. The van der Waals surface area contributed by atoms with Gasteiger partial charge in [-0.1, -0.05) is 36.6 Å². The molecule has 8 heteroatoms. The van der Waals surface area contributed by atoms with E-state index >= 15 is 0 Å². The van der Waals surface area contributed by atoms with Crippen LogP contribution in [0, 0.1) is 6.92 Å². The standard InChI is InChI=1S/C26H28N4O4/c1-18-10-12-21(13-11-18)30(23(31)17-28-25(32)22-9-5-15-34-22)24(19-6-4-14-27-16-19)26(33)29-20-7-2-3-8-20/h4-6,9-16,20,24H,2-3,7-8,17H2,1H3,(H,28,32)(H,29,33)/t24-/m1/s1. The van der Waals surface area contributed by atoms with Crippen LogP contribution in [0.3, 0.4) is 0 Å². The molecule has 2 aromatic heterocycles. The molecule has 1 saturated carbocycles. The van der Waals surface area contributed by atoms with E-state index in [1.807, 2.05) is 19.1 Å². The van der Waals surface area contributed by atoms with Crippen molar-refractivity contribution < 1.29 is 18.8 Å². The highest BCUT2D eigenvalue weighted by Crippen LogP contribution is 2.29. The quantitative estimate of drug-likeness (QED) is 0.535. The Kier molecular flexibility index (Phi) is 7.37. The highest BCUT2D eigenvalue weighted by Gasteiger charge is 2.34. The first-order valence-corrected chi connectivity index (χ1v) is 11.4. The molecule has 2 N–H and O–H groups in total. The van der Waals surface area contributed by atoms with E-state index in [1.54, 1.807) is 42.7 Å². The number of furan rings is 1. The molecule has 0 unspecified atom stereocenters. The summed E-state index contributed by atoms with van der Waals surface area (Å²) in [7, 11) is 0. The second kappa shape index (κ2) is 10.8. The third-order valence-corrected chi connectivity index (χ3v) is 5.93. The number of nitrogens with one attached hydrogen (secondary N) is 2. The number of nitrogens with zero attached hydrogens (tertiary/aromatic N) is 2. The summed E-state index contributed by atoms with van der Waals surface area (Å²) in [5.41, 5.74) is 2.16. The molecule has 1 atom stereocenters. The van der Waals surface area contributed by atoms with Gasteiger partial charge in [-0.25, -0.2) is 0 Å². The first-order valence-electron chi connectivity index (χ1n) is 11.4. The van der Waals surface area contributed by atoms with E-state index in [-0.39, 0.29) is 24.3 Å². The molecule has 3 aromatic rings. The Balaban J connectivity index is 1.65. The summed E-state index contributed by atoms with van der Waals surface area (Å²) in [6, 6.07) is 13.1. The Morgan fingerprint density at radius 3 is 2.50 bits per heavy atom. The maximum Gasteiger partial charge on any atom is 0.287 e. The van der Waals surface area contributed by atoms with Crippen molar-refractivity contribution >= 4 is 23.4 Å². The van der Waals surface area contributed by atoms with Crippen molar-refractivity contribution in [2.75, 3.05) is 11.4 Å². The first kappa shape index (κ1) is 23.2. The number of pyridine rings is 1. The Morgan fingerprint density at radius 2 is 1.85 bits per heavy atom. The fraction of sp³-hybridized carbons (Fsp3) is 0.308. The van der Waals surface area contributed by atoms with E-state index in [2.05, 4.69) is 15.6 Å². The molecule has 0 saturated heterocycles. The lowest BCUT2D eigenvalue weighted by molar-refractivity contribution is -0.126. The number of rotatable bonds is 8. The zero-order valence-corrected chi connectivity index (χ0v) is 19.1. The maximum absolute atomic E-state index is 13.6. The van der Waals surface area contributed by atoms with Gasteiger partial charge in [-0.3, -0.25) is 24.3 Å². The highest BCUT2D eigenvalue weighted by atomic mass is 16.3. The van der Waals surface area contributed by atoms with E-state index in [1.165, 1.54) is 17.2 Å². The van der Waals surface area contributed by atoms with Crippen molar-refractivity contribution in [3.8, 4) is 0 Å². The van der Waals surface area contributed by atoms with Gasteiger partial charge in [0.1, 0.15) is 6.04 Å². The average Bonchev–Trinajstić information content (AvgIpc) is 3.57. The molecule has 34 heavy (non-hydrogen) atoms. The Hall–Kier alpha value is -3.94. The predicted octanol–water partition coefficient (Wildman–Crippen LogP) is 3.55. The van der Waals surface area contributed by atoms with E-state index in [4.69, 9.17) is 4.42 Å². The van der Waals surface area contributed by atoms with Crippen molar-refractivity contribution in [1.82, 2.24) is 15.6 Å². The van der Waals surface area contributed by atoms with Gasteiger partial charge < -0.3 is 15.1 Å². The van der Waals surface area contributed by atoms with Gasteiger partial charge in [0, 0.05) is 29.7 Å². The molecule has 3 amide bonds. The molecule has 2 heterocycles. The summed E-state index contributed by atoms with van der Waals surface area (Å²) in [6.07, 6.45) is 8.59. The molecule has 0 radical (unpaired) electrons. The molecule has 1 aliphatic rings. The highest BCUT2D eigenvalue weighted by molar-refractivity contribution is 6.04. The number of aryl methyl sites for hydroxylation is 1. The lowest BCUT2D eigenvalue weighted by Gasteiger charge is -2.32. The van der Waals surface area contributed by atoms with Crippen molar-refractivity contribution in [3.63, 3.8) is 0 Å². The van der Waals surface area contributed by atoms with Crippen LogP contribution in [0.2, 0.25) is 0 Å². The monoisotopic (exact) mass is 460 g/mol. The van der Waals surface area contributed by atoms with Crippen molar-refractivity contribution in [3.05, 3.63) is 84.1 Å². The smallest absolute Gasteiger partial charge is 0.287 e. The van der Waals surface area contributed by atoms with Gasteiger partial charge in [-0.05, 0) is 50.1 Å². The predicted molar refractivity (Wildman–Crippen MR) is 127 cm³/mol. The normalized spacial score (nSPS) is 14.4. The molecule has 1 aromatic carbocycles.